The average molecular weight is 317 g/mol. The van der Waals surface area contributed by atoms with Gasteiger partial charge in [-0.05, 0) is 53.4 Å². The Hall–Kier alpha value is -0.540. The van der Waals surface area contributed by atoms with E-state index in [1.165, 1.54) is 0 Å². The summed E-state index contributed by atoms with van der Waals surface area (Å²) in [7, 11) is 0. The van der Waals surface area contributed by atoms with E-state index in [1.807, 2.05) is 17.0 Å². The van der Waals surface area contributed by atoms with E-state index in [1.54, 1.807) is 6.07 Å². The molecule has 0 spiro atoms. The van der Waals surface area contributed by atoms with Gasteiger partial charge in [0, 0.05) is 22.6 Å². The van der Waals surface area contributed by atoms with Gasteiger partial charge in [0.25, 0.3) is 5.91 Å². The first-order valence-electron chi connectivity index (χ1n) is 5.89. The standard InChI is InChI=1S/C13H15BrClNO/c1-2-7-16(10-4-5-10)13(17)9-3-6-11(14)12(15)8-9/h3,6,8,10H,2,4-5,7H2,1H3. The molecule has 1 saturated carbocycles. The van der Waals surface area contributed by atoms with Crippen LogP contribution in [-0.4, -0.2) is 23.4 Å². The van der Waals surface area contributed by atoms with Gasteiger partial charge in [-0.2, -0.15) is 0 Å². The van der Waals surface area contributed by atoms with Gasteiger partial charge in [0.15, 0.2) is 0 Å². The van der Waals surface area contributed by atoms with Gasteiger partial charge in [0.1, 0.15) is 0 Å². The quantitative estimate of drug-likeness (QED) is 0.818. The number of rotatable bonds is 4. The smallest absolute Gasteiger partial charge is 0.254 e. The fourth-order valence-corrected chi connectivity index (χ4v) is 2.30. The third-order valence-electron chi connectivity index (χ3n) is 2.88. The Balaban J connectivity index is 2.19. The van der Waals surface area contributed by atoms with Gasteiger partial charge in [0.05, 0.1) is 5.02 Å². The van der Waals surface area contributed by atoms with Crippen LogP contribution >= 0.6 is 27.5 Å². The number of nitrogens with zero attached hydrogens (tertiary/aromatic N) is 1. The fourth-order valence-electron chi connectivity index (χ4n) is 1.87. The summed E-state index contributed by atoms with van der Waals surface area (Å²) < 4.78 is 0.823. The lowest BCUT2D eigenvalue weighted by molar-refractivity contribution is 0.0743. The number of halogens is 2. The Morgan fingerprint density at radius 3 is 2.76 bits per heavy atom. The number of amides is 1. The van der Waals surface area contributed by atoms with Crippen LogP contribution in [0.3, 0.4) is 0 Å². The molecule has 92 valence electrons. The molecule has 0 aromatic heterocycles. The van der Waals surface area contributed by atoms with Gasteiger partial charge in [0.2, 0.25) is 0 Å². The third kappa shape index (κ3) is 3.02. The molecule has 0 radical (unpaired) electrons. The Morgan fingerprint density at radius 2 is 2.24 bits per heavy atom. The van der Waals surface area contributed by atoms with Crippen LogP contribution in [0, 0.1) is 0 Å². The van der Waals surface area contributed by atoms with E-state index in [0.717, 1.165) is 30.3 Å². The minimum atomic E-state index is 0.101. The summed E-state index contributed by atoms with van der Waals surface area (Å²) in [4.78, 5) is 14.3. The Kier molecular flexibility index (Phi) is 4.10. The van der Waals surface area contributed by atoms with Crippen LogP contribution in [-0.2, 0) is 0 Å². The average Bonchev–Trinajstić information content (AvgIpc) is 3.13. The van der Waals surface area contributed by atoms with Gasteiger partial charge < -0.3 is 4.90 Å². The van der Waals surface area contributed by atoms with Gasteiger partial charge in [-0.15, -0.1) is 0 Å². The SMILES string of the molecule is CCCN(C(=O)c1ccc(Br)c(Cl)c1)C1CC1. The molecule has 17 heavy (non-hydrogen) atoms. The Morgan fingerprint density at radius 1 is 1.53 bits per heavy atom. The topological polar surface area (TPSA) is 20.3 Å². The summed E-state index contributed by atoms with van der Waals surface area (Å²) >= 11 is 9.35. The van der Waals surface area contributed by atoms with Gasteiger partial charge >= 0.3 is 0 Å². The highest BCUT2D eigenvalue weighted by Crippen LogP contribution is 2.30. The monoisotopic (exact) mass is 315 g/mol. The lowest BCUT2D eigenvalue weighted by Crippen LogP contribution is -2.33. The van der Waals surface area contributed by atoms with Crippen molar-refractivity contribution >= 4 is 33.4 Å². The van der Waals surface area contributed by atoms with Crippen molar-refractivity contribution in [1.82, 2.24) is 4.90 Å². The summed E-state index contributed by atoms with van der Waals surface area (Å²) in [6.45, 7) is 2.93. The van der Waals surface area contributed by atoms with Crippen molar-refractivity contribution in [1.29, 1.82) is 0 Å². The van der Waals surface area contributed by atoms with Gasteiger partial charge in [-0.1, -0.05) is 18.5 Å². The normalized spacial score (nSPS) is 14.8. The molecule has 1 aromatic carbocycles. The van der Waals surface area contributed by atoms with E-state index >= 15 is 0 Å². The van der Waals surface area contributed by atoms with E-state index in [9.17, 15) is 4.79 Å². The van der Waals surface area contributed by atoms with Crippen molar-refractivity contribution in [2.75, 3.05) is 6.54 Å². The van der Waals surface area contributed by atoms with E-state index in [-0.39, 0.29) is 5.91 Å². The lowest BCUT2D eigenvalue weighted by Gasteiger charge is -2.21. The fraction of sp³-hybridized carbons (Fsp3) is 0.462. The summed E-state index contributed by atoms with van der Waals surface area (Å²) in [5, 5.41) is 0.586. The van der Waals surface area contributed by atoms with Crippen LogP contribution in [0.1, 0.15) is 36.5 Å². The number of carbonyl (C=O) groups is 1. The zero-order chi connectivity index (χ0) is 12.4. The van der Waals surface area contributed by atoms with Crippen LogP contribution in [0.15, 0.2) is 22.7 Å². The maximum Gasteiger partial charge on any atom is 0.254 e. The van der Waals surface area contributed by atoms with Crippen molar-refractivity contribution < 1.29 is 4.79 Å². The highest BCUT2D eigenvalue weighted by molar-refractivity contribution is 9.10. The molecule has 1 fully saturated rings. The van der Waals surface area contributed by atoms with Crippen molar-refractivity contribution in [3.8, 4) is 0 Å². The molecule has 0 bridgehead atoms. The molecule has 1 amide bonds. The molecule has 1 aromatic rings. The summed E-state index contributed by atoms with van der Waals surface area (Å²) in [5.74, 6) is 0.101. The van der Waals surface area contributed by atoms with Gasteiger partial charge in [-0.25, -0.2) is 0 Å². The molecule has 2 nitrogen and oxygen atoms in total. The van der Waals surface area contributed by atoms with Crippen molar-refractivity contribution in [2.24, 2.45) is 0 Å². The largest absolute Gasteiger partial charge is 0.336 e. The predicted octanol–water partition coefficient (Wildman–Crippen LogP) is 4.12. The first-order valence-corrected chi connectivity index (χ1v) is 7.06. The second-order valence-electron chi connectivity index (χ2n) is 4.36. The Labute approximate surface area is 115 Å². The van der Waals surface area contributed by atoms with Crippen LogP contribution in [0.5, 0.6) is 0 Å². The molecule has 0 N–H and O–H groups in total. The van der Waals surface area contributed by atoms with Crippen molar-refractivity contribution in [2.45, 2.75) is 32.2 Å². The second kappa shape index (κ2) is 5.40. The van der Waals surface area contributed by atoms with E-state index < -0.39 is 0 Å². The summed E-state index contributed by atoms with van der Waals surface area (Å²) in [6.07, 6.45) is 3.26. The Bertz CT molecular complexity index is 431. The molecule has 1 aliphatic carbocycles. The molecular formula is C13H15BrClNO. The van der Waals surface area contributed by atoms with Crippen molar-refractivity contribution in [3.63, 3.8) is 0 Å². The first kappa shape index (κ1) is 12.9. The minimum Gasteiger partial charge on any atom is -0.336 e. The highest BCUT2D eigenvalue weighted by Gasteiger charge is 2.32. The first-order chi connectivity index (χ1) is 8.13. The highest BCUT2D eigenvalue weighted by atomic mass is 79.9. The minimum absolute atomic E-state index is 0.101. The van der Waals surface area contributed by atoms with E-state index in [0.29, 0.717) is 16.6 Å². The molecular weight excluding hydrogens is 302 g/mol. The van der Waals surface area contributed by atoms with Crippen LogP contribution in [0.4, 0.5) is 0 Å². The molecule has 1 aliphatic rings. The van der Waals surface area contributed by atoms with E-state index in [2.05, 4.69) is 22.9 Å². The zero-order valence-electron chi connectivity index (χ0n) is 9.75. The summed E-state index contributed by atoms with van der Waals surface area (Å²) in [6, 6.07) is 5.83. The number of benzene rings is 1. The molecule has 2 rings (SSSR count). The predicted molar refractivity (Wildman–Crippen MR) is 73.5 cm³/mol. The van der Waals surface area contributed by atoms with Crippen molar-refractivity contribution in [3.05, 3.63) is 33.3 Å². The molecule has 0 atom stereocenters. The maximum absolute atomic E-state index is 12.3. The zero-order valence-corrected chi connectivity index (χ0v) is 12.1. The van der Waals surface area contributed by atoms with E-state index in [4.69, 9.17) is 11.6 Å². The number of carbonyl (C=O) groups excluding carboxylic acids is 1. The maximum atomic E-state index is 12.3. The third-order valence-corrected chi connectivity index (χ3v) is 4.11. The molecule has 0 saturated heterocycles. The molecule has 0 unspecified atom stereocenters. The van der Waals surface area contributed by atoms with Crippen LogP contribution in [0.25, 0.3) is 0 Å². The summed E-state index contributed by atoms with van der Waals surface area (Å²) in [5.41, 5.74) is 0.679. The molecule has 0 aliphatic heterocycles. The molecule has 4 heteroatoms. The lowest BCUT2D eigenvalue weighted by atomic mass is 10.2. The number of hydrogen-bond donors (Lipinski definition) is 0. The van der Waals surface area contributed by atoms with Gasteiger partial charge in [-0.3, -0.25) is 4.79 Å². The second-order valence-corrected chi connectivity index (χ2v) is 5.62. The van der Waals surface area contributed by atoms with Crippen LogP contribution in [0.2, 0.25) is 5.02 Å². The van der Waals surface area contributed by atoms with Crippen LogP contribution < -0.4 is 0 Å². The molecule has 0 heterocycles. The number of hydrogen-bond acceptors (Lipinski definition) is 1.